The number of benzene rings is 1. The second-order valence-corrected chi connectivity index (χ2v) is 9.21. The van der Waals surface area contributed by atoms with Crippen molar-refractivity contribution in [1.29, 1.82) is 10.5 Å². The largest absolute Gasteiger partial charge is 0.357 e. The van der Waals surface area contributed by atoms with Gasteiger partial charge in [0.2, 0.25) is 0 Å². The fourth-order valence-corrected chi connectivity index (χ4v) is 4.08. The highest BCUT2D eigenvalue weighted by molar-refractivity contribution is 5.80. The van der Waals surface area contributed by atoms with Crippen molar-refractivity contribution in [3.05, 3.63) is 48.8 Å². The number of fused-ring (bicyclic) bond motifs is 1. The number of para-hydroxylation sites is 1. The first kappa shape index (κ1) is 21.8. The molecule has 6 rings (SSSR count). The Morgan fingerprint density at radius 1 is 1.09 bits per heavy atom. The Kier molecular flexibility index (Phi) is 6.42. The molecule has 1 aromatic carbocycles. The quantitative estimate of drug-likeness (QED) is 0.541. The second-order valence-electron chi connectivity index (χ2n) is 9.21. The van der Waals surface area contributed by atoms with Gasteiger partial charge in [0.25, 0.3) is 0 Å². The van der Waals surface area contributed by atoms with Gasteiger partial charge in [0.05, 0.1) is 35.5 Å². The van der Waals surface area contributed by atoms with E-state index in [2.05, 4.69) is 39.3 Å². The lowest BCUT2D eigenvalue weighted by molar-refractivity contribution is 0.832. The molecule has 2 aliphatic carbocycles. The predicted molar refractivity (Wildman–Crippen MR) is 126 cm³/mol. The van der Waals surface area contributed by atoms with Crippen LogP contribution in [0.2, 0.25) is 0 Å². The van der Waals surface area contributed by atoms with Crippen molar-refractivity contribution in [1.82, 2.24) is 14.8 Å². The average molecular weight is 427 g/mol. The van der Waals surface area contributed by atoms with E-state index < -0.39 is 0 Å². The molecule has 1 spiro atoms. The van der Waals surface area contributed by atoms with E-state index >= 15 is 0 Å². The van der Waals surface area contributed by atoms with E-state index in [1.165, 1.54) is 32.1 Å². The second kappa shape index (κ2) is 9.40. The molecule has 164 valence electrons. The van der Waals surface area contributed by atoms with E-state index in [0.29, 0.717) is 11.3 Å². The third-order valence-corrected chi connectivity index (χ3v) is 6.38. The molecule has 1 unspecified atom stereocenters. The van der Waals surface area contributed by atoms with E-state index in [9.17, 15) is 0 Å². The van der Waals surface area contributed by atoms with Gasteiger partial charge in [-0.1, -0.05) is 18.2 Å². The van der Waals surface area contributed by atoms with Crippen LogP contribution in [0.4, 0.5) is 5.82 Å². The SMILES string of the molecule is CC(C)C#N.N#CC1CC12CC2.c1ccc2c(c1)cnn2-c1ccnc(N2CCCC2)c1. The van der Waals surface area contributed by atoms with E-state index in [0.717, 1.165) is 35.5 Å². The Morgan fingerprint density at radius 3 is 2.41 bits per heavy atom. The van der Waals surface area contributed by atoms with Gasteiger partial charge in [0, 0.05) is 36.7 Å². The van der Waals surface area contributed by atoms with Crippen molar-refractivity contribution < 1.29 is 0 Å². The van der Waals surface area contributed by atoms with E-state index in [1.54, 1.807) is 0 Å². The molecule has 6 nitrogen and oxygen atoms in total. The maximum absolute atomic E-state index is 8.33. The van der Waals surface area contributed by atoms with Gasteiger partial charge in [-0.15, -0.1) is 0 Å². The first-order valence-electron chi connectivity index (χ1n) is 11.5. The highest BCUT2D eigenvalue weighted by atomic mass is 15.3. The van der Waals surface area contributed by atoms with Crippen molar-refractivity contribution >= 4 is 16.7 Å². The number of hydrogen-bond acceptors (Lipinski definition) is 5. The number of rotatable bonds is 2. The summed E-state index contributed by atoms with van der Waals surface area (Å²) in [5, 5.41) is 21.9. The lowest BCUT2D eigenvalue weighted by Crippen LogP contribution is -2.19. The summed E-state index contributed by atoms with van der Waals surface area (Å²) in [6.45, 7) is 5.94. The van der Waals surface area contributed by atoms with Crippen LogP contribution in [0.3, 0.4) is 0 Å². The standard InChI is InChI=1S/C16H16N4.C6H7N.C4H7N/c1-2-6-15-13(5-1)12-18-20(15)14-7-8-17-16(11-14)19-9-3-4-10-19;7-4-5-3-6(5)1-2-6;1-4(2)3-5/h1-2,5-8,11-12H,3-4,9-10H2;5H,1-3H2;4H,1-2H3. The number of aromatic nitrogens is 3. The van der Waals surface area contributed by atoms with Crippen LogP contribution in [-0.4, -0.2) is 27.9 Å². The maximum Gasteiger partial charge on any atom is 0.130 e. The molecule has 1 atom stereocenters. The molecular formula is C26H30N6. The zero-order chi connectivity index (χ0) is 22.6. The molecule has 1 saturated heterocycles. The van der Waals surface area contributed by atoms with Crippen LogP contribution in [-0.2, 0) is 0 Å². The van der Waals surface area contributed by atoms with Gasteiger partial charge in [-0.2, -0.15) is 15.6 Å². The van der Waals surface area contributed by atoms with Crippen LogP contribution >= 0.6 is 0 Å². The molecule has 0 amide bonds. The van der Waals surface area contributed by atoms with Gasteiger partial charge in [0.1, 0.15) is 5.82 Å². The van der Waals surface area contributed by atoms with Crippen molar-refractivity contribution in [2.45, 2.75) is 46.0 Å². The molecule has 1 aliphatic heterocycles. The molecule has 3 heterocycles. The predicted octanol–water partition coefficient (Wildman–Crippen LogP) is 5.50. The van der Waals surface area contributed by atoms with Gasteiger partial charge in [-0.25, -0.2) is 9.67 Å². The van der Waals surface area contributed by atoms with Crippen LogP contribution in [0.25, 0.3) is 16.6 Å². The Bertz CT molecular complexity index is 1140. The molecule has 3 aromatic rings. The minimum Gasteiger partial charge on any atom is -0.357 e. The van der Waals surface area contributed by atoms with Gasteiger partial charge < -0.3 is 4.90 Å². The summed E-state index contributed by atoms with van der Waals surface area (Å²) in [5.41, 5.74) is 2.81. The van der Waals surface area contributed by atoms with Crippen molar-refractivity contribution in [3.8, 4) is 17.8 Å². The molecule has 6 heteroatoms. The summed E-state index contributed by atoms with van der Waals surface area (Å²) in [6.07, 6.45) is 10.2. The number of pyridine rings is 1. The lowest BCUT2D eigenvalue weighted by Gasteiger charge is -2.16. The first-order chi connectivity index (χ1) is 15.6. The minimum absolute atomic E-state index is 0.190. The van der Waals surface area contributed by atoms with E-state index in [1.807, 2.05) is 55.2 Å². The summed E-state index contributed by atoms with van der Waals surface area (Å²) in [5.74, 6) is 1.71. The van der Waals surface area contributed by atoms with E-state index in [-0.39, 0.29) is 5.92 Å². The maximum atomic E-state index is 8.33. The Balaban J connectivity index is 0.000000167. The van der Waals surface area contributed by atoms with Crippen LogP contribution < -0.4 is 4.90 Å². The fraction of sp³-hybridized carbons (Fsp3) is 0.462. The van der Waals surface area contributed by atoms with Crippen molar-refractivity contribution in [3.63, 3.8) is 0 Å². The van der Waals surface area contributed by atoms with Crippen molar-refractivity contribution in [2.24, 2.45) is 17.3 Å². The molecule has 0 N–H and O–H groups in total. The molecule has 3 fully saturated rings. The highest BCUT2D eigenvalue weighted by Crippen LogP contribution is 2.70. The third kappa shape index (κ3) is 4.92. The average Bonchev–Trinajstić information content (AvgIpc) is 3.59. The number of anilines is 1. The minimum atomic E-state index is 0.190. The Morgan fingerprint density at radius 2 is 1.81 bits per heavy atom. The summed E-state index contributed by atoms with van der Waals surface area (Å²) >= 11 is 0. The Hall–Kier alpha value is -3.38. The van der Waals surface area contributed by atoms with Crippen LogP contribution in [0.1, 0.15) is 46.0 Å². The molecule has 2 saturated carbocycles. The van der Waals surface area contributed by atoms with Crippen molar-refractivity contribution in [2.75, 3.05) is 18.0 Å². The van der Waals surface area contributed by atoms with E-state index in [4.69, 9.17) is 10.5 Å². The zero-order valence-corrected chi connectivity index (χ0v) is 18.9. The molecule has 3 aliphatic rings. The summed E-state index contributed by atoms with van der Waals surface area (Å²) in [6, 6.07) is 16.7. The summed E-state index contributed by atoms with van der Waals surface area (Å²) < 4.78 is 1.98. The van der Waals surface area contributed by atoms with Gasteiger partial charge in [-0.3, -0.25) is 0 Å². The Labute approximate surface area is 190 Å². The first-order valence-corrected chi connectivity index (χ1v) is 11.5. The molecule has 0 radical (unpaired) electrons. The molecule has 2 aromatic heterocycles. The summed E-state index contributed by atoms with van der Waals surface area (Å²) in [7, 11) is 0. The number of nitrogens with zero attached hydrogens (tertiary/aromatic N) is 6. The zero-order valence-electron chi connectivity index (χ0n) is 18.9. The van der Waals surface area contributed by atoms with Crippen LogP contribution in [0.5, 0.6) is 0 Å². The topological polar surface area (TPSA) is 81.5 Å². The number of hydrogen-bond donors (Lipinski definition) is 0. The van der Waals surface area contributed by atoms with Gasteiger partial charge in [0.15, 0.2) is 0 Å². The third-order valence-electron chi connectivity index (χ3n) is 6.38. The van der Waals surface area contributed by atoms with Crippen LogP contribution in [0, 0.1) is 39.9 Å². The monoisotopic (exact) mass is 426 g/mol. The molecular weight excluding hydrogens is 396 g/mol. The normalized spacial score (nSPS) is 19.4. The summed E-state index contributed by atoms with van der Waals surface area (Å²) in [4.78, 5) is 6.84. The molecule has 0 bridgehead atoms. The lowest BCUT2D eigenvalue weighted by atomic mass is 10.2. The highest BCUT2D eigenvalue weighted by Gasteiger charge is 2.63. The van der Waals surface area contributed by atoms with Gasteiger partial charge in [-0.05, 0) is 63.5 Å². The van der Waals surface area contributed by atoms with Crippen LogP contribution in [0.15, 0.2) is 48.8 Å². The number of nitriles is 2. The van der Waals surface area contributed by atoms with Gasteiger partial charge >= 0.3 is 0 Å². The fourth-order valence-electron chi connectivity index (χ4n) is 4.08. The molecule has 32 heavy (non-hydrogen) atoms. The smallest absolute Gasteiger partial charge is 0.130 e.